The lowest BCUT2D eigenvalue weighted by molar-refractivity contribution is -0.133. The minimum absolute atomic E-state index is 0.105. The zero-order chi connectivity index (χ0) is 16.0. The number of H-pyrrole nitrogens is 1. The lowest BCUT2D eigenvalue weighted by Crippen LogP contribution is -2.43. The van der Waals surface area contributed by atoms with Crippen molar-refractivity contribution in [2.45, 2.75) is 51.2 Å². The van der Waals surface area contributed by atoms with E-state index in [2.05, 4.69) is 16.3 Å². The molecule has 4 rings (SSSR count). The molecule has 2 bridgehead atoms. The number of aromatic nitrogens is 3. The fraction of sp³-hybridized carbons (Fsp3) is 0.471. The predicted molar refractivity (Wildman–Crippen MR) is 85.1 cm³/mol. The van der Waals surface area contributed by atoms with Gasteiger partial charge >= 0.3 is 5.69 Å². The highest BCUT2D eigenvalue weighted by molar-refractivity contribution is 5.80. The molecule has 0 aliphatic carbocycles. The van der Waals surface area contributed by atoms with Crippen LogP contribution in [-0.4, -0.2) is 37.7 Å². The highest BCUT2D eigenvalue weighted by Gasteiger charge is 2.40. The van der Waals surface area contributed by atoms with Gasteiger partial charge in [0.2, 0.25) is 5.91 Å². The number of fused-ring (bicyclic) bond motifs is 3. The number of aromatic amines is 1. The van der Waals surface area contributed by atoms with E-state index in [1.165, 1.54) is 5.56 Å². The lowest BCUT2D eigenvalue weighted by atomic mass is 10.1. The highest BCUT2D eigenvalue weighted by atomic mass is 16.2. The van der Waals surface area contributed by atoms with Crippen molar-refractivity contribution < 1.29 is 4.79 Å². The first kappa shape index (κ1) is 14.2. The molecule has 23 heavy (non-hydrogen) atoms. The first-order valence-corrected chi connectivity index (χ1v) is 8.12. The zero-order valence-corrected chi connectivity index (χ0v) is 13.2. The van der Waals surface area contributed by atoms with Crippen LogP contribution in [0.5, 0.6) is 0 Å². The molecular weight excluding hydrogens is 292 g/mol. The minimum Gasteiger partial charge on any atom is -0.334 e. The van der Waals surface area contributed by atoms with Crippen LogP contribution in [0.15, 0.2) is 29.1 Å². The molecule has 2 aliphatic heterocycles. The Morgan fingerprint density at radius 2 is 2.17 bits per heavy atom. The molecule has 6 heteroatoms. The smallest absolute Gasteiger partial charge is 0.334 e. The molecule has 1 aromatic heterocycles. The number of nitrogens with one attached hydrogen (secondary N) is 1. The number of rotatable bonds is 2. The average molecular weight is 312 g/mol. The van der Waals surface area contributed by atoms with Crippen molar-refractivity contribution in [2.75, 3.05) is 0 Å². The molecule has 2 unspecified atom stereocenters. The molecule has 1 N–H and O–H groups in total. The fourth-order valence-electron chi connectivity index (χ4n) is 3.95. The monoisotopic (exact) mass is 312 g/mol. The van der Waals surface area contributed by atoms with Crippen molar-refractivity contribution in [2.24, 2.45) is 0 Å². The topological polar surface area (TPSA) is 71.0 Å². The Kier molecular flexibility index (Phi) is 3.32. The van der Waals surface area contributed by atoms with Crippen LogP contribution in [0.4, 0.5) is 0 Å². The van der Waals surface area contributed by atoms with Crippen molar-refractivity contribution in [3.63, 3.8) is 0 Å². The van der Waals surface area contributed by atoms with Gasteiger partial charge in [-0.15, -0.1) is 0 Å². The summed E-state index contributed by atoms with van der Waals surface area (Å²) in [6.45, 7) is 2.59. The van der Waals surface area contributed by atoms with Gasteiger partial charge < -0.3 is 4.90 Å². The van der Waals surface area contributed by atoms with Crippen LogP contribution < -0.4 is 5.69 Å². The Balaban J connectivity index is 1.58. The Labute approximate surface area is 134 Å². The number of nitrogens with zero attached hydrogens (tertiary/aromatic N) is 3. The van der Waals surface area contributed by atoms with Crippen LogP contribution in [0, 0.1) is 6.92 Å². The van der Waals surface area contributed by atoms with Crippen LogP contribution in [0.1, 0.15) is 29.8 Å². The van der Waals surface area contributed by atoms with Gasteiger partial charge in [-0.1, -0.05) is 29.8 Å². The van der Waals surface area contributed by atoms with E-state index in [1.54, 1.807) is 4.57 Å². The molecule has 1 amide bonds. The summed E-state index contributed by atoms with van der Waals surface area (Å²) in [5.41, 5.74) is 2.05. The van der Waals surface area contributed by atoms with E-state index in [4.69, 9.17) is 0 Å². The number of amides is 1. The maximum atomic E-state index is 12.9. The summed E-state index contributed by atoms with van der Waals surface area (Å²) in [7, 11) is 0. The van der Waals surface area contributed by atoms with Crippen molar-refractivity contribution in [1.29, 1.82) is 0 Å². The van der Waals surface area contributed by atoms with Crippen molar-refractivity contribution >= 4 is 5.91 Å². The number of hydrogen-bond donors (Lipinski definition) is 1. The quantitative estimate of drug-likeness (QED) is 0.900. The van der Waals surface area contributed by atoms with Crippen molar-refractivity contribution in [3.05, 3.63) is 51.7 Å². The van der Waals surface area contributed by atoms with Gasteiger partial charge in [0.05, 0.1) is 12.5 Å². The second kappa shape index (κ2) is 5.37. The fourth-order valence-corrected chi connectivity index (χ4v) is 3.95. The molecule has 2 aromatic rings. The average Bonchev–Trinajstić information content (AvgIpc) is 2.99. The largest absolute Gasteiger partial charge is 0.343 e. The maximum Gasteiger partial charge on any atom is 0.343 e. The SMILES string of the molecule is Cc1cccc(CC(=O)N2C3CCC2Cn2c(n[nH]c2=O)C3)c1. The van der Waals surface area contributed by atoms with E-state index in [0.717, 1.165) is 24.2 Å². The molecule has 1 fully saturated rings. The second-order valence-electron chi connectivity index (χ2n) is 6.61. The van der Waals surface area contributed by atoms with Crippen LogP contribution in [0.3, 0.4) is 0 Å². The molecule has 6 nitrogen and oxygen atoms in total. The minimum atomic E-state index is -0.168. The Morgan fingerprint density at radius 3 is 3.00 bits per heavy atom. The summed E-state index contributed by atoms with van der Waals surface area (Å²) in [6, 6.07) is 8.36. The van der Waals surface area contributed by atoms with Gasteiger partial charge in [0.15, 0.2) is 0 Å². The maximum absolute atomic E-state index is 12.9. The number of carbonyl (C=O) groups is 1. The van der Waals surface area contributed by atoms with Gasteiger partial charge in [0, 0.05) is 19.0 Å². The first-order valence-electron chi connectivity index (χ1n) is 8.12. The summed E-state index contributed by atoms with van der Waals surface area (Å²) in [5.74, 6) is 0.931. The Morgan fingerprint density at radius 1 is 1.35 bits per heavy atom. The Hall–Kier alpha value is -2.37. The molecule has 1 saturated heterocycles. The molecule has 2 atom stereocenters. The first-order chi connectivity index (χ1) is 11.1. The Bertz CT molecular complexity index is 807. The molecular formula is C17H20N4O2. The normalized spacial score (nSPS) is 22.7. The third-order valence-corrected chi connectivity index (χ3v) is 4.99. The van der Waals surface area contributed by atoms with E-state index in [9.17, 15) is 9.59 Å². The summed E-state index contributed by atoms with van der Waals surface area (Å²) in [6.07, 6.45) is 3.04. The number of benzene rings is 1. The number of aryl methyl sites for hydroxylation is 1. The third-order valence-electron chi connectivity index (χ3n) is 4.99. The molecule has 1 aromatic carbocycles. The van der Waals surface area contributed by atoms with Crippen molar-refractivity contribution in [1.82, 2.24) is 19.7 Å². The number of carbonyl (C=O) groups excluding carboxylic acids is 1. The summed E-state index contributed by atoms with van der Waals surface area (Å²) >= 11 is 0. The molecule has 120 valence electrons. The molecule has 0 saturated carbocycles. The highest BCUT2D eigenvalue weighted by Crippen LogP contribution is 2.30. The standard InChI is InChI=1S/C17H20N4O2/c1-11-3-2-4-12(7-11)8-16(22)21-13-5-6-14(21)10-20-15(9-13)18-19-17(20)23/h2-4,7,13-14H,5-6,8-10H2,1H3,(H,19,23). The van der Waals surface area contributed by atoms with Gasteiger partial charge in [-0.3, -0.25) is 9.36 Å². The van der Waals surface area contributed by atoms with Gasteiger partial charge in [0.25, 0.3) is 0 Å². The van der Waals surface area contributed by atoms with Gasteiger partial charge in [-0.25, -0.2) is 9.89 Å². The van der Waals surface area contributed by atoms with E-state index < -0.39 is 0 Å². The van der Waals surface area contributed by atoms with Gasteiger partial charge in [-0.2, -0.15) is 5.10 Å². The van der Waals surface area contributed by atoms with Crippen molar-refractivity contribution in [3.8, 4) is 0 Å². The van der Waals surface area contributed by atoms with E-state index in [-0.39, 0.29) is 23.7 Å². The zero-order valence-electron chi connectivity index (χ0n) is 13.2. The van der Waals surface area contributed by atoms with Gasteiger partial charge in [0.1, 0.15) is 5.82 Å². The molecule has 0 spiro atoms. The molecule has 3 heterocycles. The second-order valence-corrected chi connectivity index (χ2v) is 6.61. The van der Waals surface area contributed by atoms with Crippen LogP contribution in [0.25, 0.3) is 0 Å². The lowest BCUT2D eigenvalue weighted by Gasteiger charge is -2.28. The number of hydrogen-bond acceptors (Lipinski definition) is 3. The van der Waals surface area contributed by atoms with Crippen LogP contribution in [-0.2, 0) is 24.2 Å². The van der Waals surface area contributed by atoms with Crippen LogP contribution >= 0.6 is 0 Å². The third kappa shape index (κ3) is 2.48. The van der Waals surface area contributed by atoms with Gasteiger partial charge in [-0.05, 0) is 25.3 Å². The van der Waals surface area contributed by atoms with Crippen LogP contribution in [0.2, 0.25) is 0 Å². The summed E-state index contributed by atoms with van der Waals surface area (Å²) in [4.78, 5) is 26.7. The summed E-state index contributed by atoms with van der Waals surface area (Å²) < 4.78 is 1.69. The van der Waals surface area contributed by atoms with E-state index >= 15 is 0 Å². The summed E-state index contributed by atoms with van der Waals surface area (Å²) in [5, 5.41) is 6.63. The molecule has 2 aliphatic rings. The van der Waals surface area contributed by atoms with E-state index in [0.29, 0.717) is 19.4 Å². The molecule has 0 radical (unpaired) electrons. The predicted octanol–water partition coefficient (Wildman–Crippen LogP) is 1.04. The van der Waals surface area contributed by atoms with E-state index in [1.807, 2.05) is 30.0 Å².